The van der Waals surface area contributed by atoms with Crippen molar-refractivity contribution in [3.8, 4) is 11.5 Å². The van der Waals surface area contributed by atoms with E-state index in [0.717, 1.165) is 12.1 Å². The Morgan fingerprint density at radius 3 is 2.58 bits per heavy atom. The first kappa shape index (κ1) is 18.8. The molecule has 26 heavy (non-hydrogen) atoms. The summed E-state index contributed by atoms with van der Waals surface area (Å²) < 4.78 is 11.0. The molecule has 0 bridgehead atoms. The summed E-state index contributed by atoms with van der Waals surface area (Å²) in [5.74, 6) is 1.25. The number of likely N-dealkylation sites (N-methyl/N-ethyl adjacent to an activating group) is 1. The number of amides is 1. The minimum Gasteiger partial charge on any atom is -0.486 e. The number of nitrogens with zero attached hydrogens (tertiary/aromatic N) is 1. The van der Waals surface area contributed by atoms with Crippen LogP contribution in [0, 0.1) is 0 Å². The highest BCUT2D eigenvalue weighted by atomic mass is 35.5. The smallest absolute Gasteiger partial charge is 0.238 e. The minimum absolute atomic E-state index is 0.0939. The van der Waals surface area contributed by atoms with Crippen LogP contribution in [0.5, 0.6) is 11.5 Å². The summed E-state index contributed by atoms with van der Waals surface area (Å²) in [5.41, 5.74) is 1.69. The number of anilines is 1. The molecule has 0 aliphatic carbocycles. The summed E-state index contributed by atoms with van der Waals surface area (Å²) in [7, 11) is 0. The first-order chi connectivity index (χ1) is 12.5. The van der Waals surface area contributed by atoms with Crippen LogP contribution in [0.2, 0.25) is 10.0 Å². The van der Waals surface area contributed by atoms with Gasteiger partial charge in [0.1, 0.15) is 13.2 Å². The van der Waals surface area contributed by atoms with Crippen LogP contribution in [0.4, 0.5) is 5.69 Å². The SMILES string of the molecule is CCN(CC(=O)Nc1ccc2c(c1)OCCO2)Cc1ccc(Cl)c(Cl)c1. The fourth-order valence-corrected chi connectivity index (χ4v) is 3.02. The summed E-state index contributed by atoms with van der Waals surface area (Å²) in [6.07, 6.45) is 0. The van der Waals surface area contributed by atoms with Crippen molar-refractivity contribution < 1.29 is 14.3 Å². The lowest BCUT2D eigenvalue weighted by Gasteiger charge is -2.21. The molecule has 0 atom stereocenters. The molecule has 138 valence electrons. The first-order valence-electron chi connectivity index (χ1n) is 8.41. The number of carbonyl (C=O) groups excluding carboxylic acids is 1. The summed E-state index contributed by atoms with van der Waals surface area (Å²) in [6.45, 7) is 4.67. The molecular formula is C19H20Cl2N2O3. The van der Waals surface area contributed by atoms with E-state index in [9.17, 15) is 4.79 Å². The zero-order valence-corrected chi connectivity index (χ0v) is 15.9. The second-order valence-electron chi connectivity index (χ2n) is 5.96. The van der Waals surface area contributed by atoms with Gasteiger partial charge in [0.2, 0.25) is 5.91 Å². The van der Waals surface area contributed by atoms with E-state index in [-0.39, 0.29) is 12.5 Å². The highest BCUT2D eigenvalue weighted by Crippen LogP contribution is 2.32. The zero-order valence-electron chi connectivity index (χ0n) is 14.4. The molecular weight excluding hydrogens is 375 g/mol. The third-order valence-electron chi connectivity index (χ3n) is 4.03. The fraction of sp³-hybridized carbons (Fsp3) is 0.316. The van der Waals surface area contributed by atoms with E-state index in [0.29, 0.717) is 47.0 Å². The lowest BCUT2D eigenvalue weighted by atomic mass is 10.2. The number of ether oxygens (including phenoxy) is 2. The minimum atomic E-state index is -0.0939. The Balaban J connectivity index is 1.59. The molecule has 0 radical (unpaired) electrons. The van der Waals surface area contributed by atoms with Crippen molar-refractivity contribution in [1.29, 1.82) is 0 Å². The molecule has 0 unspecified atom stereocenters. The van der Waals surface area contributed by atoms with E-state index in [1.807, 2.05) is 24.0 Å². The maximum atomic E-state index is 12.4. The second kappa shape index (κ2) is 8.62. The summed E-state index contributed by atoms with van der Waals surface area (Å²) in [5, 5.41) is 3.94. The Morgan fingerprint density at radius 2 is 1.85 bits per heavy atom. The molecule has 2 aromatic rings. The normalized spacial score (nSPS) is 12.9. The molecule has 5 nitrogen and oxygen atoms in total. The van der Waals surface area contributed by atoms with Crippen molar-refractivity contribution in [1.82, 2.24) is 4.90 Å². The number of halogens is 2. The van der Waals surface area contributed by atoms with Crippen molar-refractivity contribution in [3.05, 3.63) is 52.0 Å². The number of hydrogen-bond acceptors (Lipinski definition) is 4. The van der Waals surface area contributed by atoms with Crippen LogP contribution in [-0.2, 0) is 11.3 Å². The summed E-state index contributed by atoms with van der Waals surface area (Å²) in [6, 6.07) is 10.9. The topological polar surface area (TPSA) is 50.8 Å². The number of nitrogens with one attached hydrogen (secondary N) is 1. The van der Waals surface area contributed by atoms with E-state index in [4.69, 9.17) is 32.7 Å². The predicted octanol–water partition coefficient (Wildman–Crippen LogP) is 4.23. The van der Waals surface area contributed by atoms with Crippen LogP contribution in [0.25, 0.3) is 0 Å². The summed E-state index contributed by atoms with van der Waals surface area (Å²) in [4.78, 5) is 14.4. The quantitative estimate of drug-likeness (QED) is 0.796. The lowest BCUT2D eigenvalue weighted by molar-refractivity contribution is -0.117. The number of rotatable bonds is 6. The Morgan fingerprint density at radius 1 is 1.08 bits per heavy atom. The van der Waals surface area contributed by atoms with Crippen molar-refractivity contribution in [2.75, 3.05) is 31.6 Å². The molecule has 3 rings (SSSR count). The van der Waals surface area contributed by atoms with Crippen molar-refractivity contribution in [2.45, 2.75) is 13.5 Å². The third kappa shape index (κ3) is 4.81. The van der Waals surface area contributed by atoms with Gasteiger partial charge < -0.3 is 14.8 Å². The molecule has 1 amide bonds. The van der Waals surface area contributed by atoms with E-state index in [1.165, 1.54) is 0 Å². The van der Waals surface area contributed by atoms with Gasteiger partial charge in [0.15, 0.2) is 11.5 Å². The molecule has 1 aliphatic rings. The van der Waals surface area contributed by atoms with Crippen LogP contribution >= 0.6 is 23.2 Å². The van der Waals surface area contributed by atoms with Crippen LogP contribution in [0.15, 0.2) is 36.4 Å². The second-order valence-corrected chi connectivity index (χ2v) is 6.77. The number of fused-ring (bicyclic) bond motifs is 1. The van der Waals surface area contributed by atoms with Gasteiger partial charge in [0.05, 0.1) is 16.6 Å². The van der Waals surface area contributed by atoms with Gasteiger partial charge in [-0.1, -0.05) is 36.2 Å². The van der Waals surface area contributed by atoms with E-state index < -0.39 is 0 Å². The molecule has 0 saturated carbocycles. The Kier molecular flexibility index (Phi) is 6.25. The fourth-order valence-electron chi connectivity index (χ4n) is 2.70. The summed E-state index contributed by atoms with van der Waals surface area (Å²) >= 11 is 12.0. The molecule has 0 saturated heterocycles. The van der Waals surface area contributed by atoms with Gasteiger partial charge in [-0.25, -0.2) is 0 Å². The van der Waals surface area contributed by atoms with Crippen LogP contribution in [-0.4, -0.2) is 37.1 Å². The number of hydrogen-bond donors (Lipinski definition) is 1. The molecule has 0 spiro atoms. The highest BCUT2D eigenvalue weighted by molar-refractivity contribution is 6.42. The van der Waals surface area contributed by atoms with Gasteiger partial charge in [0, 0.05) is 18.3 Å². The van der Waals surface area contributed by atoms with Crippen LogP contribution < -0.4 is 14.8 Å². The molecule has 1 N–H and O–H groups in total. The Bertz CT molecular complexity index is 798. The molecule has 7 heteroatoms. The zero-order chi connectivity index (χ0) is 18.5. The Hall–Kier alpha value is -1.95. The third-order valence-corrected chi connectivity index (χ3v) is 4.77. The van der Waals surface area contributed by atoms with Gasteiger partial charge >= 0.3 is 0 Å². The van der Waals surface area contributed by atoms with Gasteiger partial charge in [-0.2, -0.15) is 0 Å². The van der Waals surface area contributed by atoms with Gasteiger partial charge in [-0.15, -0.1) is 0 Å². The highest BCUT2D eigenvalue weighted by Gasteiger charge is 2.14. The predicted molar refractivity (Wildman–Crippen MR) is 103 cm³/mol. The van der Waals surface area contributed by atoms with E-state index >= 15 is 0 Å². The standard InChI is InChI=1S/C19H20Cl2N2O3/c1-2-23(11-13-3-5-15(20)16(21)9-13)12-19(24)22-14-4-6-17-18(10-14)26-8-7-25-17/h3-6,9-10H,2,7-8,11-12H2,1H3,(H,22,24). The monoisotopic (exact) mass is 394 g/mol. The van der Waals surface area contributed by atoms with Crippen molar-refractivity contribution >= 4 is 34.8 Å². The molecule has 0 fully saturated rings. The molecule has 0 aromatic heterocycles. The number of carbonyl (C=O) groups is 1. The Labute approximate surface area is 162 Å². The first-order valence-corrected chi connectivity index (χ1v) is 9.16. The van der Waals surface area contributed by atoms with Crippen LogP contribution in [0.3, 0.4) is 0 Å². The van der Waals surface area contributed by atoms with Crippen molar-refractivity contribution in [3.63, 3.8) is 0 Å². The van der Waals surface area contributed by atoms with Gasteiger partial charge in [-0.3, -0.25) is 9.69 Å². The van der Waals surface area contributed by atoms with Gasteiger partial charge in [0.25, 0.3) is 0 Å². The molecule has 1 heterocycles. The van der Waals surface area contributed by atoms with Crippen LogP contribution in [0.1, 0.15) is 12.5 Å². The average molecular weight is 395 g/mol. The number of benzene rings is 2. The molecule has 2 aromatic carbocycles. The maximum Gasteiger partial charge on any atom is 0.238 e. The van der Waals surface area contributed by atoms with E-state index in [2.05, 4.69) is 5.32 Å². The maximum absolute atomic E-state index is 12.4. The van der Waals surface area contributed by atoms with E-state index in [1.54, 1.807) is 24.3 Å². The van der Waals surface area contributed by atoms with Crippen molar-refractivity contribution in [2.24, 2.45) is 0 Å². The lowest BCUT2D eigenvalue weighted by Crippen LogP contribution is -2.32. The largest absolute Gasteiger partial charge is 0.486 e. The average Bonchev–Trinajstić information content (AvgIpc) is 2.64. The molecule has 1 aliphatic heterocycles. The van der Waals surface area contributed by atoms with Gasteiger partial charge in [-0.05, 0) is 36.4 Å².